The molecule has 6 heteroatoms. The molecule has 144 valence electrons. The van der Waals surface area contributed by atoms with E-state index in [1.165, 1.54) is 0 Å². The molecule has 3 rings (SSSR count). The summed E-state index contributed by atoms with van der Waals surface area (Å²) in [5.41, 5.74) is 1.56. The Balaban J connectivity index is 1.79. The van der Waals surface area contributed by atoms with Gasteiger partial charge in [-0.15, -0.1) is 0 Å². The Morgan fingerprint density at radius 2 is 1.85 bits per heavy atom. The van der Waals surface area contributed by atoms with Gasteiger partial charge in [-0.3, -0.25) is 9.69 Å². The van der Waals surface area contributed by atoms with Gasteiger partial charge in [-0.1, -0.05) is 30.3 Å². The van der Waals surface area contributed by atoms with E-state index in [1.54, 1.807) is 32.4 Å². The summed E-state index contributed by atoms with van der Waals surface area (Å²) >= 11 is 0. The zero-order chi connectivity index (χ0) is 19.1. The van der Waals surface area contributed by atoms with Gasteiger partial charge in [0.25, 0.3) is 5.91 Å². The molecule has 1 aliphatic rings. The second-order valence-corrected chi connectivity index (χ2v) is 6.42. The number of carbonyl (C=O) groups is 1. The third-order valence-corrected chi connectivity index (χ3v) is 4.71. The third-order valence-electron chi connectivity index (χ3n) is 4.71. The van der Waals surface area contributed by atoms with Gasteiger partial charge < -0.3 is 19.5 Å². The summed E-state index contributed by atoms with van der Waals surface area (Å²) in [6.07, 6.45) is 0. The number of carbonyl (C=O) groups excluding carboxylic acids is 1. The highest BCUT2D eigenvalue weighted by Crippen LogP contribution is 2.25. The standard InChI is InChI=1S/C21H26N2O4/c1-25-17-8-9-18(20(14-17)26-2)21(24)22-19(16-6-4-3-5-7-16)15-23-10-12-27-13-11-23/h3-9,14,19H,10-13,15H2,1-2H3,(H,22,24). The summed E-state index contributed by atoms with van der Waals surface area (Å²) in [4.78, 5) is 15.3. The molecule has 6 nitrogen and oxygen atoms in total. The van der Waals surface area contributed by atoms with E-state index >= 15 is 0 Å². The fraction of sp³-hybridized carbons (Fsp3) is 0.381. The van der Waals surface area contributed by atoms with Crippen LogP contribution in [0.2, 0.25) is 0 Å². The summed E-state index contributed by atoms with van der Waals surface area (Å²) in [6, 6.07) is 15.1. The van der Waals surface area contributed by atoms with Crippen molar-refractivity contribution in [3.8, 4) is 11.5 Å². The van der Waals surface area contributed by atoms with Gasteiger partial charge in [-0.05, 0) is 17.7 Å². The van der Waals surface area contributed by atoms with E-state index in [1.807, 2.05) is 30.3 Å². The minimum Gasteiger partial charge on any atom is -0.497 e. The van der Waals surface area contributed by atoms with Gasteiger partial charge in [0.1, 0.15) is 11.5 Å². The molecule has 2 aromatic rings. The van der Waals surface area contributed by atoms with E-state index in [4.69, 9.17) is 14.2 Å². The van der Waals surface area contributed by atoms with Crippen LogP contribution >= 0.6 is 0 Å². The van der Waals surface area contributed by atoms with Gasteiger partial charge in [0, 0.05) is 25.7 Å². The number of benzene rings is 2. The average molecular weight is 370 g/mol. The SMILES string of the molecule is COc1ccc(C(=O)NC(CN2CCOCC2)c2ccccc2)c(OC)c1. The second-order valence-electron chi connectivity index (χ2n) is 6.42. The third kappa shape index (κ3) is 4.99. The van der Waals surface area contributed by atoms with Crippen molar-refractivity contribution in [2.24, 2.45) is 0 Å². The van der Waals surface area contributed by atoms with E-state index < -0.39 is 0 Å². The van der Waals surface area contributed by atoms with Gasteiger partial charge in [-0.25, -0.2) is 0 Å². The van der Waals surface area contributed by atoms with Crippen LogP contribution in [0.4, 0.5) is 0 Å². The Hall–Kier alpha value is -2.57. The molecular weight excluding hydrogens is 344 g/mol. The fourth-order valence-corrected chi connectivity index (χ4v) is 3.18. The molecular formula is C21H26N2O4. The van der Waals surface area contributed by atoms with E-state index in [-0.39, 0.29) is 11.9 Å². The van der Waals surface area contributed by atoms with Gasteiger partial charge in [0.2, 0.25) is 0 Å². The summed E-state index contributed by atoms with van der Waals surface area (Å²) in [6.45, 7) is 3.91. The molecule has 1 fully saturated rings. The van der Waals surface area contributed by atoms with Gasteiger partial charge in [0.05, 0.1) is 39.0 Å². The predicted molar refractivity (Wildman–Crippen MR) is 103 cm³/mol. The van der Waals surface area contributed by atoms with Crippen LogP contribution in [0.1, 0.15) is 22.0 Å². The van der Waals surface area contributed by atoms with Crippen molar-refractivity contribution in [3.05, 3.63) is 59.7 Å². The zero-order valence-corrected chi connectivity index (χ0v) is 15.8. The number of rotatable bonds is 7. The molecule has 1 amide bonds. The molecule has 1 N–H and O–H groups in total. The Labute approximate surface area is 160 Å². The first-order chi connectivity index (χ1) is 13.2. The summed E-state index contributed by atoms with van der Waals surface area (Å²) < 4.78 is 16.0. The number of morpholine rings is 1. The maximum atomic E-state index is 13.0. The van der Waals surface area contributed by atoms with Crippen LogP contribution in [-0.4, -0.2) is 57.9 Å². The molecule has 0 saturated carbocycles. The molecule has 27 heavy (non-hydrogen) atoms. The molecule has 2 aromatic carbocycles. The van der Waals surface area contributed by atoms with Gasteiger partial charge >= 0.3 is 0 Å². The lowest BCUT2D eigenvalue weighted by atomic mass is 10.0. The quantitative estimate of drug-likeness (QED) is 0.812. The van der Waals surface area contributed by atoms with Crippen LogP contribution in [0, 0.1) is 0 Å². The lowest BCUT2D eigenvalue weighted by molar-refractivity contribution is 0.0332. The van der Waals surface area contributed by atoms with Crippen molar-refractivity contribution in [1.29, 1.82) is 0 Å². The van der Waals surface area contributed by atoms with Gasteiger partial charge in [-0.2, -0.15) is 0 Å². The van der Waals surface area contributed by atoms with Crippen molar-refractivity contribution in [2.75, 3.05) is 47.1 Å². The molecule has 0 radical (unpaired) electrons. The van der Waals surface area contributed by atoms with Crippen LogP contribution in [0.5, 0.6) is 11.5 Å². The average Bonchev–Trinajstić information content (AvgIpc) is 2.74. The number of ether oxygens (including phenoxy) is 3. The maximum Gasteiger partial charge on any atom is 0.255 e. The van der Waals surface area contributed by atoms with E-state index in [0.717, 1.165) is 38.4 Å². The molecule has 1 aliphatic heterocycles. The van der Waals surface area contributed by atoms with Crippen molar-refractivity contribution in [1.82, 2.24) is 10.2 Å². The molecule has 1 atom stereocenters. The van der Waals surface area contributed by atoms with Crippen molar-refractivity contribution >= 4 is 5.91 Å². The van der Waals surface area contributed by atoms with Crippen molar-refractivity contribution in [2.45, 2.75) is 6.04 Å². The van der Waals surface area contributed by atoms with Crippen LogP contribution in [0.3, 0.4) is 0 Å². The molecule has 1 saturated heterocycles. The number of methoxy groups -OCH3 is 2. The minimum atomic E-state index is -0.170. The number of hydrogen-bond donors (Lipinski definition) is 1. The highest BCUT2D eigenvalue weighted by atomic mass is 16.5. The van der Waals surface area contributed by atoms with E-state index in [9.17, 15) is 4.79 Å². The Bertz CT molecular complexity index is 745. The lowest BCUT2D eigenvalue weighted by Gasteiger charge is -2.31. The highest BCUT2D eigenvalue weighted by Gasteiger charge is 2.22. The summed E-state index contributed by atoms with van der Waals surface area (Å²) in [5, 5.41) is 3.17. The van der Waals surface area contributed by atoms with Crippen molar-refractivity contribution in [3.63, 3.8) is 0 Å². The van der Waals surface area contributed by atoms with Crippen LogP contribution in [0.25, 0.3) is 0 Å². The monoisotopic (exact) mass is 370 g/mol. The molecule has 0 bridgehead atoms. The maximum absolute atomic E-state index is 13.0. The largest absolute Gasteiger partial charge is 0.497 e. The second kappa shape index (κ2) is 9.39. The molecule has 1 heterocycles. The molecule has 0 spiro atoms. The minimum absolute atomic E-state index is 0.122. The normalized spacial score (nSPS) is 15.8. The smallest absolute Gasteiger partial charge is 0.255 e. The Morgan fingerprint density at radius 1 is 1.11 bits per heavy atom. The summed E-state index contributed by atoms with van der Waals surface area (Å²) in [7, 11) is 3.14. The number of amides is 1. The number of hydrogen-bond acceptors (Lipinski definition) is 5. The van der Waals surface area contributed by atoms with Crippen molar-refractivity contribution < 1.29 is 19.0 Å². The van der Waals surface area contributed by atoms with Gasteiger partial charge in [0.15, 0.2) is 0 Å². The zero-order valence-electron chi connectivity index (χ0n) is 15.8. The van der Waals surface area contributed by atoms with E-state index in [2.05, 4.69) is 10.2 Å². The molecule has 0 aliphatic carbocycles. The molecule has 0 aromatic heterocycles. The number of nitrogens with zero attached hydrogens (tertiary/aromatic N) is 1. The van der Waals surface area contributed by atoms with E-state index in [0.29, 0.717) is 17.1 Å². The predicted octanol–water partition coefficient (Wildman–Crippen LogP) is 2.51. The van der Waals surface area contributed by atoms with Crippen LogP contribution < -0.4 is 14.8 Å². The first kappa shape index (κ1) is 19.2. The number of nitrogens with one attached hydrogen (secondary N) is 1. The molecule has 1 unspecified atom stereocenters. The van der Waals surface area contributed by atoms with Crippen LogP contribution in [0.15, 0.2) is 48.5 Å². The first-order valence-electron chi connectivity index (χ1n) is 9.09. The Kier molecular flexibility index (Phi) is 6.68. The van der Waals surface area contributed by atoms with Crippen LogP contribution in [-0.2, 0) is 4.74 Å². The highest BCUT2D eigenvalue weighted by molar-refractivity contribution is 5.97. The Morgan fingerprint density at radius 3 is 2.52 bits per heavy atom. The lowest BCUT2D eigenvalue weighted by Crippen LogP contribution is -2.43. The topological polar surface area (TPSA) is 60.0 Å². The first-order valence-corrected chi connectivity index (χ1v) is 9.09. The fourth-order valence-electron chi connectivity index (χ4n) is 3.18. The summed E-state index contributed by atoms with van der Waals surface area (Å²) in [5.74, 6) is 0.970.